The topological polar surface area (TPSA) is 38.3 Å². The SMILES string of the molecule is CC[C@H](Oc1ccc(Cl)cc1)C(=O)NCCCc1ccc(Cl)cc1. The third-order valence-corrected chi connectivity index (χ3v) is 4.11. The van der Waals surface area contributed by atoms with Crippen molar-refractivity contribution in [3.63, 3.8) is 0 Å². The van der Waals surface area contributed by atoms with E-state index in [1.165, 1.54) is 5.56 Å². The second kappa shape index (κ2) is 9.55. The lowest BCUT2D eigenvalue weighted by Crippen LogP contribution is -2.38. The molecule has 2 aromatic carbocycles. The molecule has 0 unspecified atom stereocenters. The molecule has 0 aliphatic heterocycles. The van der Waals surface area contributed by atoms with Gasteiger partial charge in [-0.3, -0.25) is 4.79 Å². The van der Waals surface area contributed by atoms with Crippen molar-refractivity contribution in [3.8, 4) is 5.75 Å². The van der Waals surface area contributed by atoms with Gasteiger partial charge in [-0.05, 0) is 61.2 Å². The first kappa shape index (κ1) is 18.6. The quantitative estimate of drug-likeness (QED) is 0.675. The summed E-state index contributed by atoms with van der Waals surface area (Å²) in [4.78, 5) is 12.2. The van der Waals surface area contributed by atoms with E-state index >= 15 is 0 Å². The number of hydrogen-bond donors (Lipinski definition) is 1. The van der Waals surface area contributed by atoms with Crippen LogP contribution in [-0.4, -0.2) is 18.6 Å². The first-order chi connectivity index (χ1) is 11.6. The average Bonchev–Trinajstić information content (AvgIpc) is 2.59. The summed E-state index contributed by atoms with van der Waals surface area (Å²) >= 11 is 11.7. The molecular weight excluding hydrogens is 345 g/mol. The molecule has 0 bridgehead atoms. The van der Waals surface area contributed by atoms with E-state index in [4.69, 9.17) is 27.9 Å². The minimum atomic E-state index is -0.498. The molecule has 128 valence electrons. The summed E-state index contributed by atoms with van der Waals surface area (Å²) in [6.45, 7) is 2.54. The van der Waals surface area contributed by atoms with Crippen LogP contribution in [0.5, 0.6) is 5.75 Å². The van der Waals surface area contributed by atoms with E-state index in [0.29, 0.717) is 23.7 Å². The Morgan fingerprint density at radius 1 is 1.04 bits per heavy atom. The molecule has 0 saturated heterocycles. The molecule has 1 N–H and O–H groups in total. The molecule has 5 heteroatoms. The first-order valence-corrected chi connectivity index (χ1v) is 8.78. The van der Waals surface area contributed by atoms with Crippen LogP contribution in [0.1, 0.15) is 25.3 Å². The van der Waals surface area contributed by atoms with Crippen molar-refractivity contribution in [1.82, 2.24) is 5.32 Å². The van der Waals surface area contributed by atoms with Gasteiger partial charge >= 0.3 is 0 Å². The maximum atomic E-state index is 12.2. The van der Waals surface area contributed by atoms with E-state index in [9.17, 15) is 4.79 Å². The van der Waals surface area contributed by atoms with Gasteiger partial charge in [0.1, 0.15) is 5.75 Å². The van der Waals surface area contributed by atoms with Gasteiger partial charge in [-0.1, -0.05) is 42.3 Å². The number of halogens is 2. The number of amides is 1. The highest BCUT2D eigenvalue weighted by Gasteiger charge is 2.17. The van der Waals surface area contributed by atoms with Crippen LogP contribution < -0.4 is 10.1 Å². The predicted octanol–water partition coefficient (Wildman–Crippen LogP) is 4.90. The summed E-state index contributed by atoms with van der Waals surface area (Å²) in [6.07, 6.45) is 1.87. The normalized spacial score (nSPS) is 11.8. The van der Waals surface area contributed by atoms with Gasteiger partial charge in [0.25, 0.3) is 5.91 Å². The molecule has 24 heavy (non-hydrogen) atoms. The number of hydrogen-bond acceptors (Lipinski definition) is 2. The number of rotatable bonds is 8. The van der Waals surface area contributed by atoms with E-state index < -0.39 is 6.10 Å². The lowest BCUT2D eigenvalue weighted by Gasteiger charge is -2.17. The van der Waals surface area contributed by atoms with Crippen LogP contribution in [0, 0.1) is 0 Å². The van der Waals surface area contributed by atoms with Crippen molar-refractivity contribution in [1.29, 1.82) is 0 Å². The number of carbonyl (C=O) groups is 1. The summed E-state index contributed by atoms with van der Waals surface area (Å²) in [7, 11) is 0. The fourth-order valence-electron chi connectivity index (χ4n) is 2.27. The molecule has 0 radical (unpaired) electrons. The maximum Gasteiger partial charge on any atom is 0.261 e. The van der Waals surface area contributed by atoms with E-state index in [1.807, 2.05) is 31.2 Å². The summed E-state index contributed by atoms with van der Waals surface area (Å²) < 4.78 is 5.72. The molecular formula is C19H21Cl2NO2. The van der Waals surface area contributed by atoms with E-state index in [1.54, 1.807) is 24.3 Å². The Labute approximate surface area is 152 Å². The summed E-state index contributed by atoms with van der Waals surface area (Å²) in [5.41, 5.74) is 1.21. The predicted molar refractivity (Wildman–Crippen MR) is 98.9 cm³/mol. The van der Waals surface area contributed by atoms with Gasteiger partial charge in [0.2, 0.25) is 0 Å². The third kappa shape index (κ3) is 6.06. The average molecular weight is 366 g/mol. The van der Waals surface area contributed by atoms with Crippen LogP contribution in [-0.2, 0) is 11.2 Å². The molecule has 1 atom stereocenters. The van der Waals surface area contributed by atoms with E-state index in [0.717, 1.165) is 17.9 Å². The first-order valence-electron chi connectivity index (χ1n) is 8.03. The fourth-order valence-corrected chi connectivity index (χ4v) is 2.52. The minimum Gasteiger partial charge on any atom is -0.481 e. The largest absolute Gasteiger partial charge is 0.481 e. The Morgan fingerprint density at radius 3 is 2.21 bits per heavy atom. The summed E-state index contributed by atoms with van der Waals surface area (Å²) in [6, 6.07) is 14.8. The zero-order valence-corrected chi connectivity index (χ0v) is 15.1. The van der Waals surface area contributed by atoms with Gasteiger partial charge in [0, 0.05) is 16.6 Å². The highest BCUT2D eigenvalue weighted by Crippen LogP contribution is 2.17. The Bertz CT molecular complexity index is 641. The van der Waals surface area contributed by atoms with Crippen LogP contribution in [0.25, 0.3) is 0 Å². The van der Waals surface area contributed by atoms with Gasteiger partial charge in [-0.25, -0.2) is 0 Å². The molecule has 0 saturated carbocycles. The van der Waals surface area contributed by atoms with Gasteiger partial charge in [-0.2, -0.15) is 0 Å². The van der Waals surface area contributed by atoms with Crippen LogP contribution in [0.2, 0.25) is 10.0 Å². The number of aryl methyl sites for hydroxylation is 1. The second-order valence-electron chi connectivity index (χ2n) is 5.49. The monoisotopic (exact) mass is 365 g/mol. The number of ether oxygens (including phenoxy) is 1. The van der Waals surface area contributed by atoms with Crippen LogP contribution in [0.15, 0.2) is 48.5 Å². The zero-order chi connectivity index (χ0) is 17.4. The van der Waals surface area contributed by atoms with E-state index in [2.05, 4.69) is 5.32 Å². The second-order valence-corrected chi connectivity index (χ2v) is 6.36. The fraction of sp³-hybridized carbons (Fsp3) is 0.316. The number of nitrogens with one attached hydrogen (secondary N) is 1. The molecule has 2 aromatic rings. The van der Waals surface area contributed by atoms with Crippen molar-refractivity contribution in [2.24, 2.45) is 0 Å². The molecule has 0 aromatic heterocycles. The van der Waals surface area contributed by atoms with Crippen molar-refractivity contribution < 1.29 is 9.53 Å². The lowest BCUT2D eigenvalue weighted by molar-refractivity contribution is -0.128. The van der Waals surface area contributed by atoms with Crippen LogP contribution in [0.4, 0.5) is 0 Å². The summed E-state index contributed by atoms with van der Waals surface area (Å²) in [5, 5.41) is 4.31. The van der Waals surface area contributed by atoms with Crippen molar-refractivity contribution in [2.75, 3.05) is 6.54 Å². The molecule has 0 heterocycles. The molecule has 0 aliphatic carbocycles. The van der Waals surface area contributed by atoms with Crippen LogP contribution >= 0.6 is 23.2 Å². The van der Waals surface area contributed by atoms with Crippen molar-refractivity contribution in [2.45, 2.75) is 32.3 Å². The Balaban J connectivity index is 1.75. The molecule has 0 fully saturated rings. The Morgan fingerprint density at radius 2 is 1.62 bits per heavy atom. The van der Waals surface area contributed by atoms with Gasteiger partial charge < -0.3 is 10.1 Å². The minimum absolute atomic E-state index is 0.0939. The molecule has 1 amide bonds. The standard InChI is InChI=1S/C19H21Cl2NO2/c1-2-18(24-17-11-9-16(21)10-12-17)19(23)22-13-3-4-14-5-7-15(20)8-6-14/h5-12,18H,2-4,13H2,1H3,(H,22,23)/t18-/m0/s1. The van der Waals surface area contributed by atoms with Crippen LogP contribution in [0.3, 0.4) is 0 Å². The highest BCUT2D eigenvalue weighted by molar-refractivity contribution is 6.30. The highest BCUT2D eigenvalue weighted by atomic mass is 35.5. The molecule has 0 spiro atoms. The summed E-state index contributed by atoms with van der Waals surface area (Å²) in [5.74, 6) is 0.547. The van der Waals surface area contributed by atoms with E-state index in [-0.39, 0.29) is 5.91 Å². The Kier molecular flexibility index (Phi) is 7.41. The third-order valence-electron chi connectivity index (χ3n) is 3.61. The lowest BCUT2D eigenvalue weighted by atomic mass is 10.1. The van der Waals surface area contributed by atoms with Crippen molar-refractivity contribution in [3.05, 3.63) is 64.1 Å². The maximum absolute atomic E-state index is 12.2. The smallest absolute Gasteiger partial charge is 0.261 e. The molecule has 0 aliphatic rings. The van der Waals surface area contributed by atoms with Gasteiger partial charge in [0.15, 0.2) is 6.10 Å². The zero-order valence-electron chi connectivity index (χ0n) is 13.6. The Hall–Kier alpha value is -1.71. The number of benzene rings is 2. The number of carbonyl (C=O) groups excluding carboxylic acids is 1. The van der Waals surface area contributed by atoms with Gasteiger partial charge in [-0.15, -0.1) is 0 Å². The van der Waals surface area contributed by atoms with Crippen molar-refractivity contribution >= 4 is 29.1 Å². The van der Waals surface area contributed by atoms with Gasteiger partial charge in [0.05, 0.1) is 0 Å². The molecule has 2 rings (SSSR count). The molecule has 3 nitrogen and oxygen atoms in total.